The summed E-state index contributed by atoms with van der Waals surface area (Å²) in [5.74, 6) is 0. The van der Waals surface area contributed by atoms with Crippen molar-refractivity contribution in [1.82, 2.24) is 0 Å². The van der Waals surface area contributed by atoms with Crippen molar-refractivity contribution in [2.24, 2.45) is 0 Å². The highest BCUT2D eigenvalue weighted by atomic mass is 16.3. The molecule has 2 aromatic carbocycles. The third-order valence-electron chi connectivity index (χ3n) is 3.89. The fourth-order valence-electron chi connectivity index (χ4n) is 2.87. The van der Waals surface area contributed by atoms with Gasteiger partial charge in [0.05, 0.1) is 11.4 Å². The van der Waals surface area contributed by atoms with Crippen LogP contribution in [0.2, 0.25) is 0 Å². The highest BCUT2D eigenvalue weighted by Crippen LogP contribution is 2.44. The van der Waals surface area contributed by atoms with Gasteiger partial charge < -0.3 is 20.8 Å². The molecule has 4 rings (SSSR count). The van der Waals surface area contributed by atoms with E-state index in [1.807, 2.05) is 48.5 Å². The first-order valence-corrected chi connectivity index (χ1v) is 6.58. The first kappa shape index (κ1) is 11.5. The minimum atomic E-state index is -0.738. The van der Waals surface area contributed by atoms with Crippen LogP contribution in [0.15, 0.2) is 59.9 Å². The smallest absolute Gasteiger partial charge is 0.123 e. The average Bonchev–Trinajstić information content (AvgIpc) is 2.98. The first-order chi connectivity index (χ1) is 9.75. The molecule has 2 atom stereocenters. The number of aliphatic hydroxyl groups is 2. The Labute approximate surface area is 116 Å². The molecule has 4 nitrogen and oxygen atoms in total. The number of hydrogen-bond acceptors (Lipinski definition) is 4. The van der Waals surface area contributed by atoms with Crippen molar-refractivity contribution in [2.45, 2.75) is 12.2 Å². The number of aliphatic hydroxyl groups excluding tert-OH is 2. The summed E-state index contributed by atoms with van der Waals surface area (Å²) in [5.41, 5.74) is 4.67. The monoisotopic (exact) mass is 266 g/mol. The van der Waals surface area contributed by atoms with E-state index in [1.54, 1.807) is 0 Å². The van der Waals surface area contributed by atoms with Crippen LogP contribution in [0, 0.1) is 0 Å². The lowest BCUT2D eigenvalue weighted by Crippen LogP contribution is -2.11. The van der Waals surface area contributed by atoms with Gasteiger partial charge in [-0.05, 0) is 12.1 Å². The number of hydrogen-bond donors (Lipinski definition) is 4. The van der Waals surface area contributed by atoms with E-state index in [-0.39, 0.29) is 0 Å². The van der Waals surface area contributed by atoms with Gasteiger partial charge in [-0.1, -0.05) is 36.4 Å². The first-order valence-electron chi connectivity index (χ1n) is 6.58. The molecule has 2 aromatic rings. The Hall–Kier alpha value is -2.30. The largest absolute Gasteiger partial charge is 0.382 e. The van der Waals surface area contributed by atoms with E-state index in [0.29, 0.717) is 11.4 Å². The fourth-order valence-corrected chi connectivity index (χ4v) is 2.87. The molecule has 2 unspecified atom stereocenters. The van der Waals surface area contributed by atoms with Gasteiger partial charge in [-0.2, -0.15) is 0 Å². The van der Waals surface area contributed by atoms with Gasteiger partial charge in [0.15, 0.2) is 0 Å². The number of benzene rings is 2. The summed E-state index contributed by atoms with van der Waals surface area (Å²) in [6.45, 7) is 0. The predicted octanol–water partition coefficient (Wildman–Crippen LogP) is 2.52. The maximum Gasteiger partial charge on any atom is 0.123 e. The van der Waals surface area contributed by atoms with E-state index in [0.717, 1.165) is 22.5 Å². The van der Waals surface area contributed by atoms with Crippen molar-refractivity contribution in [1.29, 1.82) is 0 Å². The number of nitrogens with one attached hydrogen (secondary N) is 2. The summed E-state index contributed by atoms with van der Waals surface area (Å²) in [5, 5.41) is 27.3. The van der Waals surface area contributed by atoms with Gasteiger partial charge >= 0.3 is 0 Å². The Morgan fingerprint density at radius 1 is 0.650 bits per heavy atom. The number of fused-ring (bicyclic) bond motifs is 2. The van der Waals surface area contributed by atoms with Crippen LogP contribution in [0.25, 0.3) is 0 Å². The molecule has 100 valence electrons. The Bertz CT molecular complexity index is 662. The molecular formula is C16H14N2O2. The maximum atomic E-state index is 10.4. The Balaban J connectivity index is 1.80. The lowest BCUT2D eigenvalue weighted by Gasteiger charge is -2.13. The molecular weight excluding hydrogens is 252 g/mol. The molecule has 2 heterocycles. The van der Waals surface area contributed by atoms with Gasteiger partial charge in [0.25, 0.3) is 0 Å². The Kier molecular flexibility index (Phi) is 2.36. The van der Waals surface area contributed by atoms with Crippen molar-refractivity contribution >= 4 is 11.4 Å². The second-order valence-corrected chi connectivity index (χ2v) is 5.06. The molecule has 4 heteroatoms. The number of rotatable bonds is 0. The highest BCUT2D eigenvalue weighted by molar-refractivity contribution is 5.71. The van der Waals surface area contributed by atoms with Gasteiger partial charge in [-0.15, -0.1) is 0 Å². The van der Waals surface area contributed by atoms with Gasteiger partial charge in [0.1, 0.15) is 12.2 Å². The van der Waals surface area contributed by atoms with Gasteiger partial charge in [-0.3, -0.25) is 0 Å². The molecule has 4 N–H and O–H groups in total. The van der Waals surface area contributed by atoms with Crippen molar-refractivity contribution in [3.63, 3.8) is 0 Å². The zero-order valence-electron chi connectivity index (χ0n) is 10.7. The van der Waals surface area contributed by atoms with Gasteiger partial charge in [0.2, 0.25) is 0 Å². The molecule has 20 heavy (non-hydrogen) atoms. The van der Waals surface area contributed by atoms with E-state index >= 15 is 0 Å². The van der Waals surface area contributed by atoms with Crippen LogP contribution in [0.3, 0.4) is 0 Å². The van der Waals surface area contributed by atoms with Gasteiger partial charge in [0, 0.05) is 22.5 Å². The molecule has 2 aliphatic heterocycles. The minimum Gasteiger partial charge on any atom is -0.382 e. The van der Waals surface area contributed by atoms with Crippen LogP contribution in [0.5, 0.6) is 0 Å². The quantitative estimate of drug-likeness (QED) is 0.591. The van der Waals surface area contributed by atoms with Crippen molar-refractivity contribution < 1.29 is 10.2 Å². The Morgan fingerprint density at radius 3 is 1.45 bits per heavy atom. The van der Waals surface area contributed by atoms with E-state index in [9.17, 15) is 10.2 Å². The normalized spacial score (nSPS) is 26.7. The number of anilines is 2. The van der Waals surface area contributed by atoms with Crippen molar-refractivity contribution in [3.8, 4) is 0 Å². The van der Waals surface area contributed by atoms with Crippen LogP contribution in [0.1, 0.15) is 23.3 Å². The van der Waals surface area contributed by atoms with Crippen molar-refractivity contribution in [3.05, 3.63) is 71.1 Å². The molecule has 0 aromatic heterocycles. The lowest BCUT2D eigenvalue weighted by atomic mass is 10.1. The van der Waals surface area contributed by atoms with Crippen LogP contribution >= 0.6 is 0 Å². The molecule has 2 aliphatic rings. The fraction of sp³-hybridized carbons (Fsp3) is 0.125. The summed E-state index contributed by atoms with van der Waals surface area (Å²) in [6.07, 6.45) is -1.48. The molecule has 0 amide bonds. The summed E-state index contributed by atoms with van der Waals surface area (Å²) in [7, 11) is 0. The highest BCUT2D eigenvalue weighted by Gasteiger charge is 2.34. The molecule has 0 aliphatic carbocycles. The molecule has 0 fully saturated rings. The summed E-state index contributed by atoms with van der Waals surface area (Å²) in [6, 6.07) is 15.2. The van der Waals surface area contributed by atoms with Crippen LogP contribution in [-0.4, -0.2) is 10.2 Å². The molecule has 0 spiro atoms. The van der Waals surface area contributed by atoms with E-state index in [4.69, 9.17) is 0 Å². The zero-order valence-corrected chi connectivity index (χ0v) is 10.7. The topological polar surface area (TPSA) is 64.5 Å². The zero-order chi connectivity index (χ0) is 13.7. The maximum absolute atomic E-state index is 10.4. The molecule has 0 saturated carbocycles. The summed E-state index contributed by atoms with van der Waals surface area (Å²) in [4.78, 5) is 0. The second-order valence-electron chi connectivity index (χ2n) is 5.06. The minimum absolute atomic E-state index is 0.620. The van der Waals surface area contributed by atoms with Crippen molar-refractivity contribution in [2.75, 3.05) is 10.6 Å². The van der Waals surface area contributed by atoms with Crippen LogP contribution < -0.4 is 10.6 Å². The van der Waals surface area contributed by atoms with Crippen LogP contribution in [0.4, 0.5) is 11.4 Å². The second kappa shape index (κ2) is 4.10. The lowest BCUT2D eigenvalue weighted by molar-refractivity contribution is 0.202. The average molecular weight is 266 g/mol. The molecule has 0 bridgehead atoms. The third-order valence-corrected chi connectivity index (χ3v) is 3.89. The third kappa shape index (κ3) is 1.49. The van der Waals surface area contributed by atoms with E-state index in [2.05, 4.69) is 10.6 Å². The standard InChI is InChI=1S/C16H14N2O2/c19-15-9-5-1-3-7-11(9)17-13(15)14-16(20)10-6-2-4-8-12(10)18-14/h1-8,15-20H/b14-13+. The SMILES string of the molecule is OC1/C(=C2\Nc3ccccc3C2O)Nc2ccccc21. The predicted molar refractivity (Wildman–Crippen MR) is 77.1 cm³/mol. The molecule has 0 radical (unpaired) electrons. The number of para-hydroxylation sites is 2. The van der Waals surface area contributed by atoms with Crippen LogP contribution in [-0.2, 0) is 0 Å². The molecule has 0 saturated heterocycles. The van der Waals surface area contributed by atoms with Gasteiger partial charge in [-0.25, -0.2) is 0 Å². The van der Waals surface area contributed by atoms with E-state index < -0.39 is 12.2 Å². The summed E-state index contributed by atoms with van der Waals surface area (Å²) >= 11 is 0. The van der Waals surface area contributed by atoms with E-state index in [1.165, 1.54) is 0 Å². The Morgan fingerprint density at radius 2 is 1.05 bits per heavy atom. The summed E-state index contributed by atoms with van der Waals surface area (Å²) < 4.78 is 0.